The van der Waals surface area contributed by atoms with Gasteiger partial charge in [0.2, 0.25) is 0 Å². The molecule has 4 nitrogen and oxygen atoms in total. The number of fused-ring (bicyclic) bond motifs is 1. The smallest absolute Gasteiger partial charge is 0.271 e. The summed E-state index contributed by atoms with van der Waals surface area (Å²) in [5.74, 6) is -0.479. The number of hydrogen-bond acceptors (Lipinski definition) is 2. The van der Waals surface area contributed by atoms with Gasteiger partial charge in [0.05, 0.1) is 5.69 Å². The van der Waals surface area contributed by atoms with Crippen LogP contribution >= 0.6 is 0 Å². The third-order valence-corrected chi connectivity index (χ3v) is 6.40. The van der Waals surface area contributed by atoms with E-state index in [1.807, 2.05) is 77.9 Å². The van der Waals surface area contributed by atoms with Gasteiger partial charge in [0.1, 0.15) is 11.5 Å². The second kappa shape index (κ2) is 8.75. The van der Waals surface area contributed by atoms with Gasteiger partial charge < -0.3 is 9.47 Å². The number of halogens is 1. The van der Waals surface area contributed by atoms with Crippen LogP contribution in [0.3, 0.4) is 0 Å². The Hall–Kier alpha value is -3.99. The third kappa shape index (κ3) is 3.63. The molecule has 1 aromatic heterocycles. The molecule has 0 radical (unpaired) electrons. The summed E-state index contributed by atoms with van der Waals surface area (Å²) in [6, 6.07) is 23.6. The lowest BCUT2D eigenvalue weighted by atomic mass is 9.94. The number of carbonyl (C=O) groups excluding carboxylic acids is 2. The lowest BCUT2D eigenvalue weighted by molar-refractivity contribution is 0.0739. The van der Waals surface area contributed by atoms with Crippen LogP contribution in [0.2, 0.25) is 0 Å². The molecule has 5 heteroatoms. The van der Waals surface area contributed by atoms with Gasteiger partial charge in [-0.05, 0) is 48.2 Å². The first kappa shape index (κ1) is 21.8. The molecule has 0 aliphatic carbocycles. The van der Waals surface area contributed by atoms with Crippen LogP contribution in [0.5, 0.6) is 0 Å². The molecule has 0 unspecified atom stereocenters. The maximum atomic E-state index is 14.1. The number of hydrogen-bond donors (Lipinski definition) is 0. The standard InChI is InChI=1S/C29H25FN2O2/c1-19(2)32-25(18-33)26(21-12-14-24(30)15-13-21)27(20-8-4-3-5-9-20)28(32)29(34)31-16-22-10-6-7-11-23(22)17-31/h3-15,18-19H,16-17H2,1-2H3. The number of nitrogens with zero attached hydrogens (tertiary/aromatic N) is 2. The summed E-state index contributed by atoms with van der Waals surface area (Å²) in [7, 11) is 0. The van der Waals surface area contributed by atoms with Gasteiger partial charge in [-0.25, -0.2) is 4.39 Å². The lowest BCUT2D eigenvalue weighted by Gasteiger charge is -2.21. The molecule has 3 aromatic carbocycles. The third-order valence-electron chi connectivity index (χ3n) is 6.40. The summed E-state index contributed by atoms with van der Waals surface area (Å²) in [6.45, 7) is 4.97. The predicted molar refractivity (Wildman–Crippen MR) is 131 cm³/mol. The number of amides is 1. The average Bonchev–Trinajstić information content (AvgIpc) is 3.44. The molecule has 170 valence electrons. The highest BCUT2D eigenvalue weighted by molar-refractivity contribution is 6.08. The van der Waals surface area contributed by atoms with Gasteiger partial charge in [-0.3, -0.25) is 9.59 Å². The van der Waals surface area contributed by atoms with Gasteiger partial charge in [-0.15, -0.1) is 0 Å². The van der Waals surface area contributed by atoms with E-state index < -0.39 is 0 Å². The van der Waals surface area contributed by atoms with E-state index >= 15 is 0 Å². The fraction of sp³-hybridized carbons (Fsp3) is 0.172. The van der Waals surface area contributed by atoms with Gasteiger partial charge in [-0.2, -0.15) is 0 Å². The molecule has 1 amide bonds. The van der Waals surface area contributed by atoms with Crippen LogP contribution in [0.4, 0.5) is 4.39 Å². The first-order valence-electron chi connectivity index (χ1n) is 11.4. The summed E-state index contributed by atoms with van der Waals surface area (Å²) in [5.41, 5.74) is 6.04. The molecule has 34 heavy (non-hydrogen) atoms. The number of rotatable bonds is 5. The number of carbonyl (C=O) groups is 2. The summed E-state index contributed by atoms with van der Waals surface area (Å²) >= 11 is 0. The van der Waals surface area contributed by atoms with Gasteiger partial charge in [-0.1, -0.05) is 66.7 Å². The highest BCUT2D eigenvalue weighted by atomic mass is 19.1. The molecule has 1 aliphatic rings. The Morgan fingerprint density at radius 2 is 1.38 bits per heavy atom. The second-order valence-electron chi connectivity index (χ2n) is 8.87. The molecule has 4 aromatic rings. The van der Waals surface area contributed by atoms with Crippen molar-refractivity contribution >= 4 is 12.2 Å². The highest BCUT2D eigenvalue weighted by Gasteiger charge is 2.34. The van der Waals surface area contributed by atoms with E-state index in [2.05, 4.69) is 0 Å². The normalized spacial score (nSPS) is 12.8. The van der Waals surface area contributed by atoms with Gasteiger partial charge in [0.15, 0.2) is 6.29 Å². The molecule has 0 saturated carbocycles. The van der Waals surface area contributed by atoms with Crippen molar-refractivity contribution in [2.75, 3.05) is 0 Å². The van der Waals surface area contributed by atoms with Crippen molar-refractivity contribution in [2.45, 2.75) is 33.0 Å². The van der Waals surface area contributed by atoms with Crippen molar-refractivity contribution in [3.8, 4) is 22.3 Å². The molecule has 0 N–H and O–H groups in total. The maximum Gasteiger partial charge on any atom is 0.271 e. The maximum absolute atomic E-state index is 14.1. The SMILES string of the molecule is CC(C)n1c(C=O)c(-c2ccc(F)cc2)c(-c2ccccc2)c1C(=O)N1Cc2ccccc2C1. The summed E-state index contributed by atoms with van der Waals surface area (Å²) in [5, 5.41) is 0. The Bertz CT molecular complexity index is 1350. The zero-order chi connectivity index (χ0) is 23.8. The number of benzene rings is 3. The largest absolute Gasteiger partial charge is 0.331 e. The zero-order valence-corrected chi connectivity index (χ0v) is 19.2. The van der Waals surface area contributed by atoms with Crippen molar-refractivity contribution < 1.29 is 14.0 Å². The second-order valence-corrected chi connectivity index (χ2v) is 8.87. The van der Waals surface area contributed by atoms with E-state index in [4.69, 9.17) is 0 Å². The van der Waals surface area contributed by atoms with E-state index in [1.165, 1.54) is 12.1 Å². The molecule has 0 fully saturated rings. The van der Waals surface area contributed by atoms with Crippen molar-refractivity contribution in [3.05, 3.63) is 107 Å². The highest BCUT2D eigenvalue weighted by Crippen LogP contribution is 2.42. The van der Waals surface area contributed by atoms with Crippen LogP contribution in [-0.2, 0) is 13.1 Å². The molecule has 0 saturated heterocycles. The quantitative estimate of drug-likeness (QED) is 0.324. The van der Waals surface area contributed by atoms with E-state index in [0.29, 0.717) is 41.2 Å². The van der Waals surface area contributed by atoms with Crippen LogP contribution in [0, 0.1) is 5.82 Å². The molecule has 5 rings (SSSR count). The zero-order valence-electron chi connectivity index (χ0n) is 19.2. The van der Waals surface area contributed by atoms with E-state index in [-0.39, 0.29) is 17.8 Å². The predicted octanol–water partition coefficient (Wildman–Crippen LogP) is 6.51. The lowest BCUT2D eigenvalue weighted by Crippen LogP contribution is -2.29. The minimum atomic E-state index is -0.355. The Morgan fingerprint density at radius 1 is 0.824 bits per heavy atom. The molecule has 1 aliphatic heterocycles. The Morgan fingerprint density at radius 3 is 1.94 bits per heavy atom. The van der Waals surface area contributed by atoms with Crippen molar-refractivity contribution in [1.82, 2.24) is 9.47 Å². The molecular weight excluding hydrogens is 427 g/mol. The van der Waals surface area contributed by atoms with Crippen LogP contribution in [0.25, 0.3) is 22.3 Å². The molecular formula is C29H25FN2O2. The monoisotopic (exact) mass is 452 g/mol. The molecule has 2 heterocycles. The average molecular weight is 453 g/mol. The van der Waals surface area contributed by atoms with Gasteiger partial charge in [0.25, 0.3) is 5.91 Å². The Balaban J connectivity index is 1.77. The Kier molecular flexibility index (Phi) is 5.62. The fourth-order valence-electron chi connectivity index (χ4n) is 4.89. The van der Waals surface area contributed by atoms with E-state index in [0.717, 1.165) is 23.0 Å². The summed E-state index contributed by atoms with van der Waals surface area (Å²) in [4.78, 5) is 28.5. The first-order valence-corrected chi connectivity index (χ1v) is 11.4. The summed E-state index contributed by atoms with van der Waals surface area (Å²) in [6.07, 6.45) is 0.806. The number of aldehydes is 1. The molecule has 0 bridgehead atoms. The van der Waals surface area contributed by atoms with E-state index in [9.17, 15) is 14.0 Å². The van der Waals surface area contributed by atoms with Gasteiger partial charge in [0, 0.05) is 30.3 Å². The summed E-state index contributed by atoms with van der Waals surface area (Å²) < 4.78 is 15.6. The van der Waals surface area contributed by atoms with Crippen LogP contribution in [-0.4, -0.2) is 21.7 Å². The fourth-order valence-corrected chi connectivity index (χ4v) is 4.89. The number of aromatic nitrogens is 1. The van der Waals surface area contributed by atoms with Crippen molar-refractivity contribution in [1.29, 1.82) is 0 Å². The van der Waals surface area contributed by atoms with Crippen molar-refractivity contribution in [2.24, 2.45) is 0 Å². The van der Waals surface area contributed by atoms with Crippen LogP contribution in [0.1, 0.15) is 52.0 Å². The minimum absolute atomic E-state index is 0.125. The molecule has 0 atom stereocenters. The Labute approximate surface area is 198 Å². The van der Waals surface area contributed by atoms with E-state index in [1.54, 1.807) is 12.1 Å². The van der Waals surface area contributed by atoms with Gasteiger partial charge >= 0.3 is 0 Å². The minimum Gasteiger partial charge on any atom is -0.331 e. The first-order chi connectivity index (χ1) is 16.5. The van der Waals surface area contributed by atoms with Crippen molar-refractivity contribution in [3.63, 3.8) is 0 Å². The van der Waals surface area contributed by atoms with Crippen LogP contribution in [0.15, 0.2) is 78.9 Å². The molecule has 0 spiro atoms. The topological polar surface area (TPSA) is 42.3 Å². The van der Waals surface area contributed by atoms with Crippen LogP contribution < -0.4 is 0 Å².